The van der Waals surface area contributed by atoms with Crippen LogP contribution in [0.5, 0.6) is 0 Å². The highest BCUT2D eigenvalue weighted by Gasteiger charge is 2.31. The summed E-state index contributed by atoms with van der Waals surface area (Å²) in [6, 6.07) is 11.4. The average Bonchev–Trinajstić information content (AvgIpc) is 3.73. The monoisotopic (exact) mass is 558 g/mol. The summed E-state index contributed by atoms with van der Waals surface area (Å²) in [6.45, 7) is 4.92. The molecule has 1 saturated heterocycles. The smallest absolute Gasteiger partial charge is 0.224 e. The first-order chi connectivity index (χ1) is 19.6. The summed E-state index contributed by atoms with van der Waals surface area (Å²) in [5.41, 5.74) is 5.43. The molecule has 0 amide bonds. The van der Waals surface area contributed by atoms with Crippen LogP contribution in [0, 0.1) is 0 Å². The van der Waals surface area contributed by atoms with Crippen LogP contribution in [-0.2, 0) is 16.0 Å². The predicted octanol–water partition coefficient (Wildman–Crippen LogP) is 2.80. The summed E-state index contributed by atoms with van der Waals surface area (Å²) >= 11 is 6.75. The fourth-order valence-corrected chi connectivity index (χ4v) is 5.98. The maximum Gasteiger partial charge on any atom is 0.224 e. The Morgan fingerprint density at radius 3 is 2.55 bits per heavy atom. The molecule has 2 aromatic heterocycles. The number of fused-ring (bicyclic) bond motifs is 3. The van der Waals surface area contributed by atoms with E-state index < -0.39 is 0 Å². The molecular weight excluding hydrogens is 528 g/mol. The van der Waals surface area contributed by atoms with E-state index >= 15 is 0 Å². The van der Waals surface area contributed by atoms with Crippen LogP contribution < -0.4 is 20.9 Å². The molecule has 0 radical (unpaired) electrons. The minimum Gasteiger partial charge on any atom is -0.501 e. The van der Waals surface area contributed by atoms with Crippen LogP contribution in [0.25, 0.3) is 11.2 Å². The number of benzene rings is 1. The Kier molecular flexibility index (Phi) is 6.44. The van der Waals surface area contributed by atoms with Crippen LogP contribution in [0.4, 0.5) is 11.4 Å². The highest BCUT2D eigenvalue weighted by Crippen LogP contribution is 2.33. The molecule has 2 aliphatic heterocycles. The zero-order valence-electron chi connectivity index (χ0n) is 22.6. The second-order valence-electron chi connectivity index (χ2n) is 10.5. The Labute approximate surface area is 237 Å². The number of rotatable bonds is 5. The number of ether oxygens (including phenoxy) is 2. The van der Waals surface area contributed by atoms with E-state index in [0.29, 0.717) is 35.4 Å². The molecule has 2 fully saturated rings. The molecule has 0 atom stereocenters. The van der Waals surface area contributed by atoms with Crippen molar-refractivity contribution in [2.45, 2.75) is 31.8 Å². The fraction of sp³-hybridized carbons (Fsp3) is 0.379. The standard InChI is InChI=1S/C29H31ClN8O2/c1-39-22-14-23(26(30)25(15-22)40-2)24-13-18-16-31-29(34-27(18)38-17-32-35-28(24)38)33-19-3-5-20(6-4-19)36-9-11-37(12-10-36)21-7-8-21/h3-6,13,15,17,21H,7-12,14,16H2,1-2H3,(H,31,33). The summed E-state index contributed by atoms with van der Waals surface area (Å²) in [4.78, 5) is 14.7. The lowest BCUT2D eigenvalue weighted by Gasteiger charge is -2.36. The van der Waals surface area contributed by atoms with Crippen molar-refractivity contribution < 1.29 is 9.47 Å². The zero-order chi connectivity index (χ0) is 27.2. The van der Waals surface area contributed by atoms with Crippen LogP contribution in [0.1, 0.15) is 24.8 Å². The van der Waals surface area contributed by atoms with Crippen molar-refractivity contribution in [3.8, 4) is 0 Å². The van der Waals surface area contributed by atoms with Crippen molar-refractivity contribution in [1.29, 1.82) is 0 Å². The third-order valence-electron chi connectivity index (χ3n) is 8.03. The number of guanidine groups is 1. The second-order valence-corrected chi connectivity index (χ2v) is 10.8. The van der Waals surface area contributed by atoms with Crippen LogP contribution in [0.2, 0.25) is 0 Å². The molecule has 0 spiro atoms. The van der Waals surface area contributed by atoms with Gasteiger partial charge in [-0.25, -0.2) is 4.99 Å². The van der Waals surface area contributed by atoms with Gasteiger partial charge in [-0.1, -0.05) is 11.6 Å². The van der Waals surface area contributed by atoms with Gasteiger partial charge in [0.25, 0.3) is 0 Å². The number of aliphatic imine (C=N–C) groups is 1. The maximum absolute atomic E-state index is 6.75. The fourth-order valence-electron chi connectivity index (χ4n) is 5.68. The number of hydrogen-bond acceptors (Lipinski definition) is 9. The number of hydrogen-bond donors (Lipinski definition) is 1. The molecule has 4 aliphatic rings. The molecule has 7 rings (SSSR count). The van der Waals surface area contributed by atoms with E-state index in [1.54, 1.807) is 20.5 Å². The number of anilines is 2. The highest BCUT2D eigenvalue weighted by atomic mass is 35.5. The molecule has 0 bridgehead atoms. The lowest BCUT2D eigenvalue weighted by atomic mass is 10.0. The number of piperazine rings is 1. The third kappa shape index (κ3) is 4.61. The number of aromatic nitrogens is 3. The van der Waals surface area contributed by atoms with Crippen molar-refractivity contribution in [3.63, 3.8) is 0 Å². The van der Waals surface area contributed by atoms with Gasteiger partial charge in [0, 0.05) is 66.9 Å². The highest BCUT2D eigenvalue weighted by molar-refractivity contribution is 6.36. The van der Waals surface area contributed by atoms with Gasteiger partial charge < -0.3 is 19.7 Å². The SMILES string of the molecule is COC1=CC(OC)=C(Cl)C(=c2cc3c(n4cnnc24)=NC(Nc2ccc(N4CCN(C5CC5)CC4)cc2)=NC3)C1. The van der Waals surface area contributed by atoms with E-state index in [4.69, 9.17) is 31.1 Å². The normalized spacial score (nSPS) is 21.0. The molecule has 3 aromatic rings. The van der Waals surface area contributed by atoms with Crippen LogP contribution in [0.3, 0.4) is 0 Å². The van der Waals surface area contributed by atoms with Gasteiger partial charge in [-0.15, -0.1) is 10.2 Å². The maximum atomic E-state index is 6.75. The summed E-state index contributed by atoms with van der Waals surface area (Å²) in [7, 11) is 3.23. The van der Waals surface area contributed by atoms with Crippen LogP contribution in [0.15, 0.2) is 69.3 Å². The Hall–Kier alpha value is -3.89. The van der Waals surface area contributed by atoms with Gasteiger partial charge in [-0.3, -0.25) is 9.30 Å². The molecule has 2 aliphatic carbocycles. The first kappa shape index (κ1) is 25.1. The largest absolute Gasteiger partial charge is 0.501 e. The summed E-state index contributed by atoms with van der Waals surface area (Å²) in [6.07, 6.45) is 6.74. The van der Waals surface area contributed by atoms with Crippen molar-refractivity contribution in [1.82, 2.24) is 19.5 Å². The third-order valence-corrected chi connectivity index (χ3v) is 8.45. The topological polar surface area (TPSA) is 91.9 Å². The van der Waals surface area contributed by atoms with Gasteiger partial charge in [-0.2, -0.15) is 4.99 Å². The molecule has 4 heterocycles. The predicted molar refractivity (Wildman–Crippen MR) is 155 cm³/mol. The minimum absolute atomic E-state index is 0.463. The summed E-state index contributed by atoms with van der Waals surface area (Å²) < 4.78 is 12.9. The van der Waals surface area contributed by atoms with Crippen molar-refractivity contribution in [2.24, 2.45) is 9.98 Å². The Morgan fingerprint density at radius 1 is 1.02 bits per heavy atom. The number of nitrogens with one attached hydrogen (secondary N) is 1. The summed E-state index contributed by atoms with van der Waals surface area (Å²) in [5.74, 6) is 1.86. The number of allylic oxidation sites excluding steroid dienone is 3. The van der Waals surface area contributed by atoms with E-state index in [-0.39, 0.29) is 0 Å². The van der Waals surface area contributed by atoms with E-state index in [1.165, 1.54) is 18.5 Å². The van der Waals surface area contributed by atoms with E-state index in [2.05, 4.69) is 49.6 Å². The van der Waals surface area contributed by atoms with Crippen LogP contribution in [-0.4, -0.2) is 71.9 Å². The van der Waals surface area contributed by atoms with E-state index in [9.17, 15) is 0 Å². The van der Waals surface area contributed by atoms with E-state index in [0.717, 1.165) is 65.5 Å². The lowest BCUT2D eigenvalue weighted by Crippen LogP contribution is -2.47. The summed E-state index contributed by atoms with van der Waals surface area (Å²) in [5, 5.41) is 13.3. The van der Waals surface area contributed by atoms with Crippen molar-refractivity contribution in [2.75, 3.05) is 50.6 Å². The first-order valence-corrected chi connectivity index (χ1v) is 14.0. The number of nitrogens with zero attached hydrogens (tertiary/aromatic N) is 7. The Bertz CT molecular complexity index is 1680. The molecular formula is C29H31ClN8O2. The lowest BCUT2D eigenvalue weighted by molar-refractivity contribution is 0.248. The molecule has 1 N–H and O–H groups in total. The molecule has 206 valence electrons. The zero-order valence-corrected chi connectivity index (χ0v) is 23.4. The van der Waals surface area contributed by atoms with Gasteiger partial charge in [0.2, 0.25) is 5.96 Å². The van der Waals surface area contributed by atoms with Gasteiger partial charge in [-0.05, 0) is 48.7 Å². The molecule has 1 aromatic carbocycles. The second kappa shape index (κ2) is 10.3. The van der Waals surface area contributed by atoms with Gasteiger partial charge in [0.05, 0.1) is 25.8 Å². The number of halogens is 1. The number of pyridine rings is 1. The molecule has 10 nitrogen and oxygen atoms in total. The van der Waals surface area contributed by atoms with Crippen LogP contribution >= 0.6 is 11.6 Å². The van der Waals surface area contributed by atoms with Gasteiger partial charge >= 0.3 is 0 Å². The first-order valence-electron chi connectivity index (χ1n) is 13.6. The Morgan fingerprint density at radius 2 is 1.82 bits per heavy atom. The Balaban J connectivity index is 1.15. The quantitative estimate of drug-likeness (QED) is 0.515. The molecule has 0 unspecified atom stereocenters. The minimum atomic E-state index is 0.463. The molecule has 1 saturated carbocycles. The van der Waals surface area contributed by atoms with E-state index in [1.807, 2.05) is 16.5 Å². The van der Waals surface area contributed by atoms with Gasteiger partial charge in [0.1, 0.15) is 23.3 Å². The molecule has 40 heavy (non-hydrogen) atoms. The number of methoxy groups -OCH3 is 2. The van der Waals surface area contributed by atoms with Gasteiger partial charge in [0.15, 0.2) is 5.65 Å². The molecule has 11 heteroatoms. The van der Waals surface area contributed by atoms with Crippen molar-refractivity contribution >= 4 is 40.2 Å². The average molecular weight is 559 g/mol. The van der Waals surface area contributed by atoms with Crippen molar-refractivity contribution in [3.05, 3.63) is 75.6 Å².